The number of benzene rings is 1. The normalized spacial score (nSPS) is 10.8. The van der Waals surface area contributed by atoms with Crippen LogP contribution in [0.5, 0.6) is 11.6 Å². The van der Waals surface area contributed by atoms with Gasteiger partial charge in [0.1, 0.15) is 5.75 Å². The third kappa shape index (κ3) is 4.07. The van der Waals surface area contributed by atoms with Gasteiger partial charge in [0.05, 0.1) is 0 Å². The summed E-state index contributed by atoms with van der Waals surface area (Å²) in [7, 11) is 0. The molecule has 0 amide bonds. The summed E-state index contributed by atoms with van der Waals surface area (Å²) in [6.07, 6.45) is 2.79. The van der Waals surface area contributed by atoms with E-state index in [9.17, 15) is 0 Å². The summed E-state index contributed by atoms with van der Waals surface area (Å²) in [5, 5.41) is 3.39. The van der Waals surface area contributed by atoms with Gasteiger partial charge in [-0.1, -0.05) is 39.0 Å². The van der Waals surface area contributed by atoms with Crippen molar-refractivity contribution in [3.63, 3.8) is 0 Å². The van der Waals surface area contributed by atoms with Crippen molar-refractivity contribution >= 4 is 0 Å². The SMILES string of the molecule is CCc1ccc(Oc2ncccc2CNC(C)C)cc1. The third-order valence-corrected chi connectivity index (χ3v) is 3.10. The highest BCUT2D eigenvalue weighted by atomic mass is 16.5. The number of aromatic nitrogens is 1. The first kappa shape index (κ1) is 14.5. The summed E-state index contributed by atoms with van der Waals surface area (Å²) >= 11 is 0. The van der Waals surface area contributed by atoms with Crippen LogP contribution in [0.1, 0.15) is 31.9 Å². The second kappa shape index (κ2) is 7.06. The fourth-order valence-corrected chi connectivity index (χ4v) is 1.87. The number of hydrogen-bond donors (Lipinski definition) is 1. The number of aryl methyl sites for hydroxylation is 1. The van der Waals surface area contributed by atoms with Gasteiger partial charge in [0.25, 0.3) is 0 Å². The van der Waals surface area contributed by atoms with Crippen LogP contribution in [-0.4, -0.2) is 11.0 Å². The van der Waals surface area contributed by atoms with E-state index < -0.39 is 0 Å². The molecule has 0 unspecified atom stereocenters. The predicted molar refractivity (Wildman–Crippen MR) is 82.1 cm³/mol. The van der Waals surface area contributed by atoms with Gasteiger partial charge in [-0.3, -0.25) is 0 Å². The van der Waals surface area contributed by atoms with Gasteiger partial charge in [-0.25, -0.2) is 4.98 Å². The van der Waals surface area contributed by atoms with Crippen molar-refractivity contribution in [1.82, 2.24) is 10.3 Å². The van der Waals surface area contributed by atoms with Crippen LogP contribution in [0.15, 0.2) is 42.6 Å². The zero-order valence-electron chi connectivity index (χ0n) is 12.4. The van der Waals surface area contributed by atoms with Crippen LogP contribution in [0.3, 0.4) is 0 Å². The van der Waals surface area contributed by atoms with E-state index in [0.717, 1.165) is 24.3 Å². The van der Waals surface area contributed by atoms with Gasteiger partial charge in [-0.05, 0) is 30.2 Å². The first-order valence-electron chi connectivity index (χ1n) is 7.13. The molecular formula is C17H22N2O. The van der Waals surface area contributed by atoms with Crippen LogP contribution in [0.4, 0.5) is 0 Å². The molecule has 3 nitrogen and oxygen atoms in total. The number of pyridine rings is 1. The molecule has 0 aliphatic heterocycles. The molecule has 20 heavy (non-hydrogen) atoms. The van der Waals surface area contributed by atoms with Crippen LogP contribution < -0.4 is 10.1 Å². The van der Waals surface area contributed by atoms with Gasteiger partial charge in [-0.15, -0.1) is 0 Å². The van der Waals surface area contributed by atoms with Crippen molar-refractivity contribution in [2.24, 2.45) is 0 Å². The fourth-order valence-electron chi connectivity index (χ4n) is 1.87. The summed E-state index contributed by atoms with van der Waals surface area (Å²) in [6.45, 7) is 7.15. The van der Waals surface area contributed by atoms with E-state index in [4.69, 9.17) is 4.74 Å². The average Bonchev–Trinajstić information content (AvgIpc) is 2.47. The molecule has 0 fully saturated rings. The van der Waals surface area contributed by atoms with Gasteiger partial charge in [0.2, 0.25) is 5.88 Å². The Morgan fingerprint density at radius 1 is 1.15 bits per heavy atom. The van der Waals surface area contributed by atoms with E-state index in [1.54, 1.807) is 6.20 Å². The lowest BCUT2D eigenvalue weighted by atomic mass is 10.2. The third-order valence-electron chi connectivity index (χ3n) is 3.10. The van der Waals surface area contributed by atoms with E-state index in [2.05, 4.69) is 43.2 Å². The van der Waals surface area contributed by atoms with Gasteiger partial charge >= 0.3 is 0 Å². The Morgan fingerprint density at radius 3 is 2.55 bits per heavy atom. The summed E-state index contributed by atoms with van der Waals surface area (Å²) < 4.78 is 5.89. The lowest BCUT2D eigenvalue weighted by Crippen LogP contribution is -2.22. The Bertz CT molecular complexity index is 535. The van der Waals surface area contributed by atoms with Gasteiger partial charge < -0.3 is 10.1 Å². The molecule has 3 heteroatoms. The second-order valence-electron chi connectivity index (χ2n) is 5.10. The van der Waals surface area contributed by atoms with Crippen molar-refractivity contribution in [1.29, 1.82) is 0 Å². The molecule has 0 atom stereocenters. The van der Waals surface area contributed by atoms with Crippen molar-refractivity contribution in [2.75, 3.05) is 0 Å². The Labute approximate surface area is 121 Å². The molecule has 2 aromatic rings. The lowest BCUT2D eigenvalue weighted by Gasteiger charge is -2.12. The fraction of sp³-hybridized carbons (Fsp3) is 0.353. The maximum Gasteiger partial charge on any atom is 0.223 e. The summed E-state index contributed by atoms with van der Waals surface area (Å²) in [5.74, 6) is 1.50. The molecule has 1 heterocycles. The number of hydrogen-bond acceptors (Lipinski definition) is 3. The molecule has 0 aliphatic carbocycles. The van der Waals surface area contributed by atoms with Crippen molar-refractivity contribution in [3.05, 3.63) is 53.7 Å². The smallest absolute Gasteiger partial charge is 0.223 e. The standard InChI is InChI=1S/C17H22N2O/c1-4-14-7-9-16(10-8-14)20-17-15(6-5-11-18-17)12-19-13(2)3/h5-11,13,19H,4,12H2,1-3H3. The van der Waals surface area contributed by atoms with Crippen molar-refractivity contribution in [3.8, 4) is 11.6 Å². The Morgan fingerprint density at radius 2 is 1.90 bits per heavy atom. The average molecular weight is 270 g/mol. The van der Waals surface area contributed by atoms with Crippen LogP contribution >= 0.6 is 0 Å². The molecule has 0 bridgehead atoms. The van der Waals surface area contributed by atoms with E-state index in [0.29, 0.717) is 11.9 Å². The molecule has 2 rings (SSSR count). The van der Waals surface area contributed by atoms with E-state index >= 15 is 0 Å². The van der Waals surface area contributed by atoms with Crippen molar-refractivity contribution in [2.45, 2.75) is 39.8 Å². The van der Waals surface area contributed by atoms with Gasteiger partial charge in [0, 0.05) is 24.3 Å². The highest BCUT2D eigenvalue weighted by Gasteiger charge is 2.06. The molecule has 0 aliphatic rings. The minimum atomic E-state index is 0.437. The lowest BCUT2D eigenvalue weighted by molar-refractivity contribution is 0.450. The zero-order chi connectivity index (χ0) is 14.4. The summed E-state index contributed by atoms with van der Waals surface area (Å²) in [4.78, 5) is 4.33. The van der Waals surface area contributed by atoms with Crippen LogP contribution in [0, 0.1) is 0 Å². The highest BCUT2D eigenvalue weighted by molar-refractivity contribution is 5.33. The Hall–Kier alpha value is -1.87. The minimum absolute atomic E-state index is 0.437. The Kier molecular flexibility index (Phi) is 5.13. The summed E-state index contributed by atoms with van der Waals surface area (Å²) in [6, 6.07) is 12.6. The van der Waals surface area contributed by atoms with E-state index in [-0.39, 0.29) is 0 Å². The highest BCUT2D eigenvalue weighted by Crippen LogP contribution is 2.23. The largest absolute Gasteiger partial charge is 0.439 e. The van der Waals surface area contributed by atoms with E-state index in [1.165, 1.54) is 5.56 Å². The molecule has 0 spiro atoms. The van der Waals surface area contributed by atoms with Gasteiger partial charge in [0.15, 0.2) is 0 Å². The summed E-state index contributed by atoms with van der Waals surface area (Å²) in [5.41, 5.74) is 2.38. The molecule has 1 N–H and O–H groups in total. The maximum absolute atomic E-state index is 5.89. The monoisotopic (exact) mass is 270 g/mol. The molecule has 1 aromatic heterocycles. The molecule has 1 aromatic carbocycles. The molecule has 0 saturated carbocycles. The van der Waals surface area contributed by atoms with Crippen LogP contribution in [0.25, 0.3) is 0 Å². The molecule has 0 radical (unpaired) electrons. The Balaban J connectivity index is 2.11. The zero-order valence-corrected chi connectivity index (χ0v) is 12.4. The topological polar surface area (TPSA) is 34.1 Å². The number of ether oxygens (including phenoxy) is 1. The first-order valence-corrected chi connectivity index (χ1v) is 7.13. The number of nitrogens with one attached hydrogen (secondary N) is 1. The van der Waals surface area contributed by atoms with Crippen LogP contribution in [0.2, 0.25) is 0 Å². The number of nitrogens with zero attached hydrogens (tertiary/aromatic N) is 1. The van der Waals surface area contributed by atoms with Crippen LogP contribution in [-0.2, 0) is 13.0 Å². The minimum Gasteiger partial charge on any atom is -0.439 e. The predicted octanol–water partition coefficient (Wildman–Crippen LogP) is 3.93. The molecule has 0 saturated heterocycles. The molecule has 106 valence electrons. The maximum atomic E-state index is 5.89. The quantitative estimate of drug-likeness (QED) is 0.863. The van der Waals surface area contributed by atoms with Crippen molar-refractivity contribution < 1.29 is 4.74 Å². The first-order chi connectivity index (χ1) is 9.69. The second-order valence-corrected chi connectivity index (χ2v) is 5.10. The van der Waals surface area contributed by atoms with Gasteiger partial charge in [-0.2, -0.15) is 0 Å². The number of rotatable bonds is 6. The molecular weight excluding hydrogens is 248 g/mol. The van der Waals surface area contributed by atoms with E-state index in [1.807, 2.05) is 24.3 Å².